The zero-order valence-corrected chi connectivity index (χ0v) is 19.6. The molecular weight excluding hydrogens is 470 g/mol. The van der Waals surface area contributed by atoms with Crippen LogP contribution in [0.1, 0.15) is 35.2 Å². The quantitative estimate of drug-likeness (QED) is 0.461. The molecule has 1 fully saturated rings. The van der Waals surface area contributed by atoms with Gasteiger partial charge in [-0.2, -0.15) is 4.31 Å². The number of non-ortho nitro benzene ring substituents is 1. The molecule has 0 saturated carbocycles. The number of anilines is 1. The second kappa shape index (κ2) is 8.50. The molecule has 2 aromatic rings. The van der Waals surface area contributed by atoms with Gasteiger partial charge in [-0.25, -0.2) is 16.8 Å². The number of nitro benzene ring substituents is 1. The van der Waals surface area contributed by atoms with Crippen LogP contribution in [0.4, 0.5) is 11.4 Å². The van der Waals surface area contributed by atoms with Crippen LogP contribution in [0, 0.1) is 10.1 Å². The first-order valence-corrected chi connectivity index (χ1v) is 13.8. The summed E-state index contributed by atoms with van der Waals surface area (Å²) in [5, 5.41) is 11.3. The van der Waals surface area contributed by atoms with E-state index < -0.39 is 36.4 Å². The Morgan fingerprint density at radius 3 is 2.27 bits per heavy atom. The maximum absolute atomic E-state index is 13.3. The smallest absolute Gasteiger partial charge is 0.271 e. The van der Waals surface area contributed by atoms with Crippen LogP contribution in [-0.4, -0.2) is 57.9 Å². The molecule has 2 aliphatic rings. The molecule has 0 aromatic heterocycles. The minimum atomic E-state index is -3.78. The Kier molecular flexibility index (Phi) is 6.01. The van der Waals surface area contributed by atoms with Crippen LogP contribution < -0.4 is 4.90 Å². The van der Waals surface area contributed by atoms with Gasteiger partial charge in [0.05, 0.1) is 14.7 Å². The van der Waals surface area contributed by atoms with E-state index in [1.165, 1.54) is 15.3 Å². The third-order valence-corrected chi connectivity index (χ3v) is 8.88. The van der Waals surface area contributed by atoms with Crippen molar-refractivity contribution < 1.29 is 26.6 Å². The first-order valence-electron chi connectivity index (χ1n) is 10.4. The number of hydrogen-bond acceptors (Lipinski definition) is 7. The van der Waals surface area contributed by atoms with Gasteiger partial charge in [-0.15, -0.1) is 0 Å². The molecule has 10 nitrogen and oxygen atoms in total. The second-order valence-corrected chi connectivity index (χ2v) is 12.2. The zero-order chi connectivity index (χ0) is 24.0. The molecule has 0 atom stereocenters. The Morgan fingerprint density at radius 2 is 1.64 bits per heavy atom. The molecule has 1 saturated heterocycles. The number of carbonyl (C=O) groups is 1. The molecule has 0 unspecified atom stereocenters. The van der Waals surface area contributed by atoms with Crippen molar-refractivity contribution in [2.24, 2.45) is 0 Å². The van der Waals surface area contributed by atoms with Crippen LogP contribution in [0.5, 0.6) is 0 Å². The van der Waals surface area contributed by atoms with Gasteiger partial charge in [-0.1, -0.05) is 0 Å². The minimum absolute atomic E-state index is 0.119. The number of fused-ring (bicyclic) bond motifs is 1. The van der Waals surface area contributed by atoms with Crippen molar-refractivity contribution in [3.63, 3.8) is 0 Å². The predicted octanol–water partition coefficient (Wildman–Crippen LogP) is 2.38. The Bertz CT molecular complexity index is 1350. The highest BCUT2D eigenvalue weighted by Crippen LogP contribution is 2.33. The van der Waals surface area contributed by atoms with E-state index in [2.05, 4.69) is 0 Å². The monoisotopic (exact) mass is 493 g/mol. The maximum Gasteiger partial charge on any atom is 0.271 e. The van der Waals surface area contributed by atoms with Crippen LogP contribution in [-0.2, 0) is 26.3 Å². The molecule has 12 heteroatoms. The fourth-order valence-corrected chi connectivity index (χ4v) is 6.45. The standard InChI is InChI=1S/C21H23N3O7S2/c1-32(28,29)19-13-16(11-17(14-19)24(26)27)21(25)23-10-4-5-15-12-18(6-7-20(15)23)33(30,31)22-8-2-3-9-22/h6-7,11-14H,2-5,8-10H2,1H3. The van der Waals surface area contributed by atoms with E-state index in [0.29, 0.717) is 43.7 Å². The lowest BCUT2D eigenvalue weighted by Gasteiger charge is -2.30. The summed E-state index contributed by atoms with van der Waals surface area (Å²) in [6.07, 6.45) is 3.71. The third-order valence-electron chi connectivity index (χ3n) is 5.89. The van der Waals surface area contributed by atoms with Crippen molar-refractivity contribution in [3.05, 3.63) is 57.6 Å². The summed E-state index contributed by atoms with van der Waals surface area (Å²) in [4.78, 5) is 25.1. The number of hydrogen-bond donors (Lipinski definition) is 0. The molecule has 0 spiro atoms. The van der Waals surface area contributed by atoms with E-state index in [9.17, 15) is 31.7 Å². The molecule has 1 amide bonds. The Hall–Kier alpha value is -2.83. The van der Waals surface area contributed by atoms with Gasteiger partial charge < -0.3 is 4.90 Å². The van der Waals surface area contributed by atoms with Crippen molar-refractivity contribution >= 4 is 37.1 Å². The number of amides is 1. The van der Waals surface area contributed by atoms with Gasteiger partial charge in [-0.05, 0) is 55.5 Å². The van der Waals surface area contributed by atoms with Gasteiger partial charge in [0.1, 0.15) is 0 Å². The number of carbonyl (C=O) groups excluding carboxylic acids is 1. The van der Waals surface area contributed by atoms with Crippen molar-refractivity contribution in [2.75, 3.05) is 30.8 Å². The van der Waals surface area contributed by atoms with Crippen molar-refractivity contribution in [1.29, 1.82) is 0 Å². The first-order chi connectivity index (χ1) is 15.5. The number of sulfonamides is 1. The summed E-state index contributed by atoms with van der Waals surface area (Å²) in [7, 11) is -7.39. The molecular formula is C21H23N3O7S2. The van der Waals surface area contributed by atoms with Crippen LogP contribution in [0.2, 0.25) is 0 Å². The lowest BCUT2D eigenvalue weighted by atomic mass is 10.0. The molecule has 2 aliphatic heterocycles. The first kappa shape index (κ1) is 23.3. The van der Waals surface area contributed by atoms with Gasteiger partial charge in [0.15, 0.2) is 9.84 Å². The van der Waals surface area contributed by atoms with Gasteiger partial charge in [0.2, 0.25) is 10.0 Å². The molecule has 0 bridgehead atoms. The lowest BCUT2D eigenvalue weighted by molar-refractivity contribution is -0.385. The Morgan fingerprint density at radius 1 is 0.939 bits per heavy atom. The average Bonchev–Trinajstić information content (AvgIpc) is 3.33. The zero-order valence-electron chi connectivity index (χ0n) is 17.9. The Labute approximate surface area is 191 Å². The number of nitrogens with zero attached hydrogens (tertiary/aromatic N) is 3. The average molecular weight is 494 g/mol. The molecule has 0 radical (unpaired) electrons. The SMILES string of the molecule is CS(=O)(=O)c1cc(C(=O)N2CCCc3cc(S(=O)(=O)N4CCCC4)ccc32)cc([N+](=O)[O-])c1. The van der Waals surface area contributed by atoms with Gasteiger partial charge in [0, 0.05) is 49.3 Å². The molecule has 33 heavy (non-hydrogen) atoms. The van der Waals surface area contributed by atoms with Crippen LogP contribution in [0.15, 0.2) is 46.2 Å². The van der Waals surface area contributed by atoms with Crippen molar-refractivity contribution in [1.82, 2.24) is 4.31 Å². The molecule has 0 aliphatic carbocycles. The van der Waals surface area contributed by atoms with E-state index in [0.717, 1.165) is 37.3 Å². The van der Waals surface area contributed by atoms with Crippen molar-refractivity contribution in [2.45, 2.75) is 35.5 Å². The summed E-state index contributed by atoms with van der Waals surface area (Å²) < 4.78 is 51.3. The normalized spacial score (nSPS) is 17.1. The van der Waals surface area contributed by atoms with Crippen molar-refractivity contribution in [3.8, 4) is 0 Å². The van der Waals surface area contributed by atoms with Crippen LogP contribution >= 0.6 is 0 Å². The molecule has 0 N–H and O–H groups in total. The fraction of sp³-hybridized carbons (Fsp3) is 0.381. The number of benzene rings is 2. The predicted molar refractivity (Wildman–Crippen MR) is 121 cm³/mol. The number of aryl methyl sites for hydroxylation is 1. The minimum Gasteiger partial charge on any atom is -0.308 e. The fourth-order valence-electron chi connectivity index (χ4n) is 4.20. The summed E-state index contributed by atoms with van der Waals surface area (Å²) in [6, 6.07) is 7.73. The summed E-state index contributed by atoms with van der Waals surface area (Å²) in [5.41, 5.74) is 0.583. The van der Waals surface area contributed by atoms with Gasteiger partial charge in [0.25, 0.3) is 11.6 Å². The van der Waals surface area contributed by atoms with E-state index >= 15 is 0 Å². The molecule has 176 valence electrons. The number of nitro groups is 1. The van der Waals surface area contributed by atoms with Crippen LogP contribution in [0.25, 0.3) is 0 Å². The summed E-state index contributed by atoms with van der Waals surface area (Å²) in [6.45, 7) is 1.29. The number of sulfone groups is 1. The molecule has 2 heterocycles. The highest BCUT2D eigenvalue weighted by Gasteiger charge is 2.31. The largest absolute Gasteiger partial charge is 0.308 e. The highest BCUT2D eigenvalue weighted by molar-refractivity contribution is 7.90. The number of rotatable bonds is 5. The second-order valence-electron chi connectivity index (χ2n) is 8.21. The van der Waals surface area contributed by atoms with Gasteiger partial charge in [-0.3, -0.25) is 14.9 Å². The Balaban J connectivity index is 1.72. The summed E-state index contributed by atoms with van der Waals surface area (Å²) >= 11 is 0. The lowest BCUT2D eigenvalue weighted by Crippen LogP contribution is -2.36. The van der Waals surface area contributed by atoms with E-state index in [1.807, 2.05) is 0 Å². The van der Waals surface area contributed by atoms with Crippen LogP contribution in [0.3, 0.4) is 0 Å². The molecule has 4 rings (SSSR count). The van der Waals surface area contributed by atoms with E-state index in [1.54, 1.807) is 12.1 Å². The van der Waals surface area contributed by atoms with Gasteiger partial charge >= 0.3 is 0 Å². The third kappa shape index (κ3) is 4.50. The highest BCUT2D eigenvalue weighted by atomic mass is 32.2. The summed E-state index contributed by atoms with van der Waals surface area (Å²) in [5.74, 6) is -0.584. The van der Waals surface area contributed by atoms with E-state index in [-0.39, 0.29) is 15.4 Å². The molecule has 2 aromatic carbocycles. The topological polar surface area (TPSA) is 135 Å². The van der Waals surface area contributed by atoms with E-state index in [4.69, 9.17) is 0 Å². The maximum atomic E-state index is 13.3.